The van der Waals surface area contributed by atoms with Crippen LogP contribution in [0.15, 0.2) is 4.42 Å². The number of rotatable bonds is 2. The van der Waals surface area contributed by atoms with E-state index in [0.29, 0.717) is 5.82 Å². The minimum atomic E-state index is -0.680. The van der Waals surface area contributed by atoms with Crippen molar-refractivity contribution in [2.24, 2.45) is 0 Å². The van der Waals surface area contributed by atoms with E-state index < -0.39 is 5.97 Å². The lowest BCUT2D eigenvalue weighted by Crippen LogP contribution is -2.00. The third kappa shape index (κ3) is 1.84. The molecule has 0 unspecified atom stereocenters. The topological polar surface area (TPSA) is 91.0 Å². The summed E-state index contributed by atoms with van der Waals surface area (Å²) in [5, 5.41) is 7.92. The van der Waals surface area contributed by atoms with E-state index >= 15 is 0 Å². The summed E-state index contributed by atoms with van der Waals surface area (Å²) >= 11 is 1.22. The van der Waals surface area contributed by atoms with Crippen LogP contribution in [0.2, 0.25) is 0 Å². The number of hydrogen-bond donors (Lipinski definition) is 0. The van der Waals surface area contributed by atoms with E-state index in [-0.39, 0.29) is 11.8 Å². The minimum absolute atomic E-state index is 0.111. The number of ether oxygens (including phenoxy) is 1. The molecule has 0 saturated heterocycles. The van der Waals surface area contributed by atoms with Gasteiger partial charge < -0.3 is 9.15 Å². The predicted octanol–water partition coefficient (Wildman–Crippen LogP) is 0.683. The number of methoxy groups -OCH3 is 1. The molecular formula is C7H6N4O3S. The average molecular weight is 226 g/mol. The van der Waals surface area contributed by atoms with Gasteiger partial charge in [0, 0.05) is 0 Å². The fourth-order valence-electron chi connectivity index (χ4n) is 0.870. The van der Waals surface area contributed by atoms with E-state index in [9.17, 15) is 4.79 Å². The molecule has 2 rings (SSSR count). The van der Waals surface area contributed by atoms with E-state index in [2.05, 4.69) is 24.3 Å². The molecule has 15 heavy (non-hydrogen) atoms. The first-order valence-corrected chi connectivity index (χ1v) is 4.70. The summed E-state index contributed by atoms with van der Waals surface area (Å²) in [6, 6.07) is 0. The summed E-state index contributed by atoms with van der Waals surface area (Å²) in [5.74, 6) is -0.458. The molecule has 78 valence electrons. The minimum Gasteiger partial charge on any atom is -0.462 e. The SMILES string of the molecule is COC(=O)c1nnc(-c2nsc(C)n2)o1. The summed E-state index contributed by atoms with van der Waals surface area (Å²) in [5.41, 5.74) is 0. The fourth-order valence-corrected chi connectivity index (χ4v) is 1.33. The summed E-state index contributed by atoms with van der Waals surface area (Å²) < 4.78 is 13.4. The number of carbonyl (C=O) groups excluding carboxylic acids is 1. The Labute approximate surface area is 88.3 Å². The molecule has 2 aromatic rings. The molecule has 8 heteroatoms. The Bertz CT molecular complexity index is 492. The van der Waals surface area contributed by atoms with E-state index in [1.807, 2.05) is 0 Å². The Morgan fingerprint density at radius 1 is 1.47 bits per heavy atom. The lowest BCUT2D eigenvalue weighted by molar-refractivity contribution is 0.0556. The molecule has 0 saturated carbocycles. The summed E-state index contributed by atoms with van der Waals surface area (Å²) in [4.78, 5) is 15.0. The molecule has 0 atom stereocenters. The van der Waals surface area contributed by atoms with E-state index in [4.69, 9.17) is 4.42 Å². The molecule has 0 aromatic carbocycles. The lowest BCUT2D eigenvalue weighted by atomic mass is 10.6. The molecule has 0 bridgehead atoms. The van der Waals surface area contributed by atoms with Crippen LogP contribution in [-0.4, -0.2) is 32.6 Å². The van der Waals surface area contributed by atoms with Crippen molar-refractivity contribution in [1.82, 2.24) is 19.6 Å². The van der Waals surface area contributed by atoms with Crippen LogP contribution in [0.1, 0.15) is 15.7 Å². The van der Waals surface area contributed by atoms with Gasteiger partial charge in [0.15, 0.2) is 0 Å². The monoisotopic (exact) mass is 226 g/mol. The van der Waals surface area contributed by atoms with Crippen LogP contribution in [0.3, 0.4) is 0 Å². The largest absolute Gasteiger partial charge is 0.462 e. The van der Waals surface area contributed by atoms with Crippen molar-refractivity contribution in [3.8, 4) is 11.7 Å². The second kappa shape index (κ2) is 3.73. The lowest BCUT2D eigenvalue weighted by Gasteiger charge is -1.88. The highest BCUT2D eigenvalue weighted by Crippen LogP contribution is 2.16. The van der Waals surface area contributed by atoms with Crippen LogP contribution in [0.5, 0.6) is 0 Å². The summed E-state index contributed by atoms with van der Waals surface area (Å²) in [6.07, 6.45) is 0. The van der Waals surface area contributed by atoms with Gasteiger partial charge in [0.2, 0.25) is 5.82 Å². The zero-order chi connectivity index (χ0) is 10.8. The van der Waals surface area contributed by atoms with Crippen LogP contribution >= 0.6 is 11.5 Å². The maximum atomic E-state index is 11.0. The van der Waals surface area contributed by atoms with Crippen molar-refractivity contribution in [2.75, 3.05) is 7.11 Å². The first-order chi connectivity index (χ1) is 7.20. The van der Waals surface area contributed by atoms with Gasteiger partial charge >= 0.3 is 11.9 Å². The second-order valence-electron chi connectivity index (χ2n) is 2.54. The molecule has 0 radical (unpaired) electrons. The first-order valence-electron chi connectivity index (χ1n) is 3.93. The molecule has 0 aliphatic heterocycles. The number of nitrogens with zero attached hydrogens (tertiary/aromatic N) is 4. The smallest absolute Gasteiger partial charge is 0.396 e. The number of esters is 1. The van der Waals surface area contributed by atoms with Crippen molar-refractivity contribution in [2.45, 2.75) is 6.92 Å². The zero-order valence-electron chi connectivity index (χ0n) is 7.92. The number of hydrogen-bond acceptors (Lipinski definition) is 8. The van der Waals surface area contributed by atoms with Crippen molar-refractivity contribution in [3.05, 3.63) is 10.9 Å². The number of aryl methyl sites for hydroxylation is 1. The van der Waals surface area contributed by atoms with Gasteiger partial charge in [-0.05, 0) is 18.5 Å². The number of aromatic nitrogens is 4. The molecule has 0 spiro atoms. The molecular weight excluding hydrogens is 220 g/mol. The third-order valence-corrected chi connectivity index (χ3v) is 2.12. The molecule has 0 amide bonds. The van der Waals surface area contributed by atoms with Gasteiger partial charge in [-0.2, -0.15) is 4.37 Å². The van der Waals surface area contributed by atoms with E-state index in [1.54, 1.807) is 6.92 Å². The van der Waals surface area contributed by atoms with Crippen LogP contribution in [0, 0.1) is 6.92 Å². The zero-order valence-corrected chi connectivity index (χ0v) is 8.74. The van der Waals surface area contributed by atoms with Crippen molar-refractivity contribution in [3.63, 3.8) is 0 Å². The maximum Gasteiger partial charge on any atom is 0.396 e. The molecule has 0 N–H and O–H groups in total. The summed E-state index contributed by atoms with van der Waals surface area (Å²) in [7, 11) is 1.23. The van der Waals surface area contributed by atoms with Gasteiger partial charge in [0.1, 0.15) is 5.01 Å². The Morgan fingerprint density at radius 2 is 2.27 bits per heavy atom. The van der Waals surface area contributed by atoms with Crippen LogP contribution in [0.25, 0.3) is 11.7 Å². The van der Waals surface area contributed by atoms with Gasteiger partial charge in [-0.1, -0.05) is 0 Å². The number of carbonyl (C=O) groups is 1. The molecule has 0 fully saturated rings. The molecule has 2 aromatic heterocycles. The van der Waals surface area contributed by atoms with Gasteiger partial charge in [0.05, 0.1) is 7.11 Å². The normalized spacial score (nSPS) is 10.3. The quantitative estimate of drug-likeness (QED) is 0.695. The van der Waals surface area contributed by atoms with Crippen LogP contribution < -0.4 is 0 Å². The highest BCUT2D eigenvalue weighted by molar-refractivity contribution is 7.05. The van der Waals surface area contributed by atoms with E-state index in [1.165, 1.54) is 18.6 Å². The Morgan fingerprint density at radius 3 is 2.87 bits per heavy atom. The average Bonchev–Trinajstić information content (AvgIpc) is 2.84. The standard InChI is InChI=1S/C7H6N4O3S/c1-3-8-4(11-15-3)5-9-10-6(14-5)7(12)13-2/h1-2H3. The Balaban J connectivity index is 2.31. The van der Waals surface area contributed by atoms with E-state index in [0.717, 1.165) is 5.01 Å². The van der Waals surface area contributed by atoms with Gasteiger partial charge in [-0.25, -0.2) is 9.78 Å². The molecule has 0 aliphatic carbocycles. The van der Waals surface area contributed by atoms with Crippen molar-refractivity contribution >= 4 is 17.5 Å². The van der Waals surface area contributed by atoms with Gasteiger partial charge in [-0.15, -0.1) is 10.2 Å². The van der Waals surface area contributed by atoms with Gasteiger partial charge in [0.25, 0.3) is 5.89 Å². The Kier molecular flexibility index (Phi) is 2.42. The maximum absolute atomic E-state index is 11.0. The van der Waals surface area contributed by atoms with Crippen LogP contribution in [-0.2, 0) is 4.74 Å². The fraction of sp³-hybridized carbons (Fsp3) is 0.286. The highest BCUT2D eigenvalue weighted by Gasteiger charge is 2.18. The van der Waals surface area contributed by atoms with Gasteiger partial charge in [-0.3, -0.25) is 0 Å². The first kappa shape index (κ1) is 9.71. The second-order valence-corrected chi connectivity index (χ2v) is 3.50. The summed E-state index contributed by atoms with van der Waals surface area (Å²) in [6.45, 7) is 1.80. The van der Waals surface area contributed by atoms with Crippen molar-refractivity contribution < 1.29 is 13.9 Å². The molecule has 7 nitrogen and oxygen atoms in total. The van der Waals surface area contributed by atoms with Crippen LogP contribution in [0.4, 0.5) is 0 Å². The molecule has 2 heterocycles. The Hall–Kier alpha value is -1.83. The van der Waals surface area contributed by atoms with Crippen molar-refractivity contribution in [1.29, 1.82) is 0 Å². The highest BCUT2D eigenvalue weighted by atomic mass is 32.1. The third-order valence-electron chi connectivity index (χ3n) is 1.50. The predicted molar refractivity (Wildman–Crippen MR) is 49.3 cm³/mol. The molecule has 0 aliphatic rings.